The lowest BCUT2D eigenvalue weighted by Gasteiger charge is -2.10. The first-order chi connectivity index (χ1) is 8.87. The summed E-state index contributed by atoms with van der Waals surface area (Å²) in [5.74, 6) is 2.75. The van der Waals surface area contributed by atoms with Gasteiger partial charge < -0.3 is 25.1 Å². The van der Waals surface area contributed by atoms with Gasteiger partial charge in [-0.2, -0.15) is 0 Å². The first kappa shape index (κ1) is 16.8. The van der Waals surface area contributed by atoms with Crippen molar-refractivity contribution in [2.75, 3.05) is 19.6 Å². The number of methoxy groups -OCH3 is 2. The highest BCUT2D eigenvalue weighted by Gasteiger charge is 2.08. The maximum absolute atomic E-state index is 9.10. The number of benzene rings is 1. The smallest absolute Gasteiger partial charge is 0.414 e. The first-order valence-electron chi connectivity index (χ1n) is 4.71. The van der Waals surface area contributed by atoms with Crippen molar-refractivity contribution in [1.82, 2.24) is 0 Å². The molecule has 0 fully saturated rings. The van der Waals surface area contributed by atoms with Gasteiger partial charge >= 0.3 is 11.9 Å². The van der Waals surface area contributed by atoms with E-state index >= 15 is 0 Å². The SMILES string of the molecule is COc1cc(NN)c(OC)cc1Cl.O=C(O)C(=O)O. The first-order valence-corrected chi connectivity index (χ1v) is 5.09. The number of nitrogens with two attached hydrogens (primary N) is 1. The van der Waals surface area contributed by atoms with Crippen molar-refractivity contribution in [1.29, 1.82) is 0 Å². The van der Waals surface area contributed by atoms with E-state index in [-0.39, 0.29) is 0 Å². The Morgan fingerprint density at radius 2 is 1.63 bits per heavy atom. The zero-order valence-corrected chi connectivity index (χ0v) is 10.9. The summed E-state index contributed by atoms with van der Waals surface area (Å²) in [5, 5.41) is 15.3. The molecular formula is C10H13ClN2O6. The largest absolute Gasteiger partial charge is 0.495 e. The Balaban J connectivity index is 0.000000459. The summed E-state index contributed by atoms with van der Waals surface area (Å²) in [6.45, 7) is 0. The molecule has 0 aromatic heterocycles. The molecule has 0 heterocycles. The van der Waals surface area contributed by atoms with Crippen LogP contribution in [0.25, 0.3) is 0 Å². The topological polar surface area (TPSA) is 131 Å². The van der Waals surface area contributed by atoms with Gasteiger partial charge in [0.1, 0.15) is 11.5 Å². The third-order valence-corrected chi connectivity index (χ3v) is 2.11. The molecule has 9 heteroatoms. The zero-order valence-electron chi connectivity index (χ0n) is 10.1. The molecule has 106 valence electrons. The number of nitrogen functional groups attached to an aromatic ring is 1. The molecule has 0 saturated carbocycles. The highest BCUT2D eigenvalue weighted by molar-refractivity contribution is 6.32. The van der Waals surface area contributed by atoms with E-state index < -0.39 is 11.9 Å². The van der Waals surface area contributed by atoms with Gasteiger partial charge in [-0.05, 0) is 0 Å². The van der Waals surface area contributed by atoms with Crippen LogP contribution in [0.5, 0.6) is 11.5 Å². The van der Waals surface area contributed by atoms with E-state index in [0.29, 0.717) is 22.2 Å². The summed E-state index contributed by atoms with van der Waals surface area (Å²) in [5.41, 5.74) is 3.11. The molecule has 0 saturated heterocycles. The van der Waals surface area contributed by atoms with Crippen molar-refractivity contribution in [3.8, 4) is 11.5 Å². The number of hydrazine groups is 1. The lowest BCUT2D eigenvalue weighted by atomic mass is 10.3. The number of carboxylic acids is 2. The van der Waals surface area contributed by atoms with Crippen molar-refractivity contribution in [3.05, 3.63) is 17.2 Å². The maximum atomic E-state index is 9.10. The zero-order chi connectivity index (χ0) is 15.0. The number of aliphatic carboxylic acids is 2. The van der Waals surface area contributed by atoms with Crippen LogP contribution in [0.2, 0.25) is 5.02 Å². The number of nitrogens with one attached hydrogen (secondary N) is 1. The van der Waals surface area contributed by atoms with Crippen LogP contribution in [0.4, 0.5) is 5.69 Å². The van der Waals surface area contributed by atoms with Crippen molar-refractivity contribution < 1.29 is 29.3 Å². The molecule has 19 heavy (non-hydrogen) atoms. The second kappa shape index (κ2) is 8.01. The van der Waals surface area contributed by atoms with Crippen LogP contribution in [-0.2, 0) is 9.59 Å². The Morgan fingerprint density at radius 1 is 1.16 bits per heavy atom. The normalized spacial score (nSPS) is 8.84. The maximum Gasteiger partial charge on any atom is 0.414 e. The highest BCUT2D eigenvalue weighted by Crippen LogP contribution is 2.35. The van der Waals surface area contributed by atoms with Gasteiger partial charge in [0.25, 0.3) is 0 Å². The Kier molecular flexibility index (Phi) is 7.08. The molecule has 0 atom stereocenters. The fourth-order valence-electron chi connectivity index (χ4n) is 0.973. The Bertz CT molecular complexity index is 454. The van der Waals surface area contributed by atoms with Crippen molar-refractivity contribution in [2.45, 2.75) is 0 Å². The third-order valence-electron chi connectivity index (χ3n) is 1.81. The lowest BCUT2D eigenvalue weighted by Crippen LogP contribution is -2.09. The van der Waals surface area contributed by atoms with Crippen LogP contribution < -0.4 is 20.7 Å². The molecule has 0 radical (unpaired) electrons. The van der Waals surface area contributed by atoms with Gasteiger partial charge in [0, 0.05) is 12.1 Å². The van der Waals surface area contributed by atoms with Gasteiger partial charge in [0.2, 0.25) is 0 Å². The molecule has 0 aliphatic carbocycles. The summed E-state index contributed by atoms with van der Waals surface area (Å²) in [7, 11) is 3.08. The van der Waals surface area contributed by atoms with E-state index in [1.807, 2.05) is 0 Å². The van der Waals surface area contributed by atoms with Gasteiger partial charge in [0.15, 0.2) is 0 Å². The fourth-order valence-corrected chi connectivity index (χ4v) is 1.20. The molecule has 0 amide bonds. The number of carbonyl (C=O) groups is 2. The van der Waals surface area contributed by atoms with E-state index in [1.165, 1.54) is 7.11 Å². The predicted molar refractivity (Wildman–Crippen MR) is 67.6 cm³/mol. The van der Waals surface area contributed by atoms with Crippen LogP contribution in [0.1, 0.15) is 0 Å². The summed E-state index contributed by atoms with van der Waals surface area (Å²) < 4.78 is 10.0. The highest BCUT2D eigenvalue weighted by atomic mass is 35.5. The van der Waals surface area contributed by atoms with Gasteiger partial charge in [-0.3, -0.25) is 5.84 Å². The fraction of sp³-hybridized carbons (Fsp3) is 0.200. The van der Waals surface area contributed by atoms with Crippen molar-refractivity contribution >= 4 is 29.2 Å². The van der Waals surface area contributed by atoms with Crippen LogP contribution in [0, 0.1) is 0 Å². The minimum atomic E-state index is -1.82. The minimum absolute atomic E-state index is 0.485. The molecule has 0 spiro atoms. The van der Waals surface area contributed by atoms with E-state index in [2.05, 4.69) is 5.43 Å². The van der Waals surface area contributed by atoms with Crippen molar-refractivity contribution in [2.24, 2.45) is 5.84 Å². The second-order valence-corrected chi connectivity index (χ2v) is 3.35. The van der Waals surface area contributed by atoms with Gasteiger partial charge in [-0.15, -0.1) is 0 Å². The third kappa shape index (κ3) is 5.32. The quantitative estimate of drug-likeness (QED) is 0.365. The van der Waals surface area contributed by atoms with E-state index in [0.717, 1.165) is 0 Å². The molecule has 1 rings (SSSR count). The van der Waals surface area contributed by atoms with E-state index in [4.69, 9.17) is 46.7 Å². The number of halogens is 1. The van der Waals surface area contributed by atoms with Crippen molar-refractivity contribution in [3.63, 3.8) is 0 Å². The number of ether oxygens (including phenoxy) is 2. The average molecular weight is 293 g/mol. The molecule has 1 aromatic rings. The molecule has 0 unspecified atom stereocenters. The van der Waals surface area contributed by atoms with E-state index in [1.54, 1.807) is 19.2 Å². The second-order valence-electron chi connectivity index (χ2n) is 2.94. The molecule has 5 N–H and O–H groups in total. The molecular weight excluding hydrogens is 280 g/mol. The summed E-state index contributed by atoms with van der Waals surface area (Å²) in [6.07, 6.45) is 0. The summed E-state index contributed by atoms with van der Waals surface area (Å²) in [4.78, 5) is 18.2. The average Bonchev–Trinajstić information content (AvgIpc) is 2.38. The Labute approximate surface area is 113 Å². The van der Waals surface area contributed by atoms with Crippen LogP contribution >= 0.6 is 11.6 Å². The lowest BCUT2D eigenvalue weighted by molar-refractivity contribution is -0.159. The van der Waals surface area contributed by atoms with Crippen LogP contribution in [0.15, 0.2) is 12.1 Å². The molecule has 8 nitrogen and oxygen atoms in total. The standard InChI is InChI=1S/C8H11ClN2O2.C2H2O4/c1-12-7-4-6(11-10)8(13-2)3-5(7)9;3-1(4)2(5)6/h3-4,11H,10H2,1-2H3;(H,3,4)(H,5,6). The van der Waals surface area contributed by atoms with Crippen LogP contribution in [0.3, 0.4) is 0 Å². The number of rotatable bonds is 3. The number of carboxylic acid groups (broad SMARTS) is 2. The van der Waals surface area contributed by atoms with Gasteiger partial charge in [-0.1, -0.05) is 11.6 Å². The summed E-state index contributed by atoms with van der Waals surface area (Å²) in [6, 6.07) is 3.30. The Morgan fingerprint density at radius 3 is 1.95 bits per heavy atom. The van der Waals surface area contributed by atoms with Gasteiger partial charge in [0.05, 0.1) is 24.9 Å². The number of anilines is 1. The molecule has 0 bridgehead atoms. The number of hydrogen-bond acceptors (Lipinski definition) is 6. The predicted octanol–water partition coefficient (Wildman–Crippen LogP) is 0.798. The number of hydrogen-bond donors (Lipinski definition) is 4. The monoisotopic (exact) mass is 292 g/mol. The molecule has 1 aromatic carbocycles. The molecule has 0 aliphatic rings. The van der Waals surface area contributed by atoms with E-state index in [9.17, 15) is 0 Å². The molecule has 0 aliphatic heterocycles. The summed E-state index contributed by atoms with van der Waals surface area (Å²) >= 11 is 5.86. The minimum Gasteiger partial charge on any atom is -0.495 e. The van der Waals surface area contributed by atoms with Gasteiger partial charge in [-0.25, -0.2) is 9.59 Å². The Hall–Kier alpha value is -2.19. The van der Waals surface area contributed by atoms with Crippen LogP contribution in [-0.4, -0.2) is 36.4 Å².